The second kappa shape index (κ2) is 8.13. The minimum Gasteiger partial charge on any atom is -0.330 e. The Hall–Kier alpha value is -2.93. The molecule has 1 atom stereocenters. The van der Waals surface area contributed by atoms with Crippen LogP contribution >= 0.6 is 0 Å². The van der Waals surface area contributed by atoms with E-state index in [1.807, 2.05) is 42.2 Å². The van der Waals surface area contributed by atoms with Gasteiger partial charge in [0.25, 0.3) is 11.5 Å². The van der Waals surface area contributed by atoms with E-state index < -0.39 is 0 Å². The topological polar surface area (TPSA) is 73.7 Å². The van der Waals surface area contributed by atoms with Crippen molar-refractivity contribution in [2.75, 3.05) is 13.1 Å². The lowest BCUT2D eigenvalue weighted by atomic mass is 10.0. The first-order valence-electron chi connectivity index (χ1n) is 12.3. The summed E-state index contributed by atoms with van der Waals surface area (Å²) in [5.41, 5.74) is 5.20. The number of aryl methyl sites for hydroxylation is 1. The van der Waals surface area contributed by atoms with Gasteiger partial charge in [0, 0.05) is 43.7 Å². The van der Waals surface area contributed by atoms with Crippen molar-refractivity contribution in [1.29, 1.82) is 0 Å². The second-order valence-corrected chi connectivity index (χ2v) is 9.93. The minimum atomic E-state index is -0.0630. The predicted octanol–water partition coefficient (Wildman–Crippen LogP) is 3.61. The summed E-state index contributed by atoms with van der Waals surface area (Å²) >= 11 is 0. The molecule has 1 aliphatic carbocycles. The van der Waals surface area contributed by atoms with Crippen molar-refractivity contribution in [1.82, 2.24) is 24.4 Å². The van der Waals surface area contributed by atoms with Gasteiger partial charge < -0.3 is 4.90 Å². The van der Waals surface area contributed by atoms with Gasteiger partial charge in [-0.15, -0.1) is 0 Å². The summed E-state index contributed by atoms with van der Waals surface area (Å²) in [6.45, 7) is 4.43. The maximum absolute atomic E-state index is 13.4. The summed E-state index contributed by atoms with van der Waals surface area (Å²) in [4.78, 5) is 35.9. The number of carbonyl (C=O) groups is 1. The third-order valence-electron chi connectivity index (χ3n) is 7.82. The number of nitrogens with one attached hydrogen (secondary N) is 1. The molecule has 2 aliphatic heterocycles. The number of benzene rings is 1. The Kier molecular flexibility index (Phi) is 5.09. The van der Waals surface area contributed by atoms with Crippen LogP contribution in [-0.2, 0) is 13.0 Å². The zero-order chi connectivity index (χ0) is 22.5. The molecule has 33 heavy (non-hydrogen) atoms. The fourth-order valence-corrected chi connectivity index (χ4v) is 5.97. The van der Waals surface area contributed by atoms with Crippen molar-refractivity contribution in [3.05, 3.63) is 68.8 Å². The Morgan fingerprint density at radius 2 is 1.85 bits per heavy atom. The van der Waals surface area contributed by atoms with Gasteiger partial charge in [-0.2, -0.15) is 0 Å². The monoisotopic (exact) mass is 445 g/mol. The SMILES string of the molecule is Cc1ccc(C(=O)N2CCC[C@H]2c2cc3nc4c(c(=O)n3[nH]2)CN(C2CCCC2)CC4)cc1. The Labute approximate surface area is 193 Å². The fraction of sp³-hybridized carbons (Fsp3) is 0.500. The van der Waals surface area contributed by atoms with E-state index in [9.17, 15) is 9.59 Å². The second-order valence-electron chi connectivity index (χ2n) is 9.93. The first-order valence-corrected chi connectivity index (χ1v) is 12.3. The number of amides is 1. The highest BCUT2D eigenvalue weighted by Gasteiger charge is 2.33. The van der Waals surface area contributed by atoms with Gasteiger partial charge in [-0.05, 0) is 44.7 Å². The zero-order valence-electron chi connectivity index (χ0n) is 19.2. The smallest absolute Gasteiger partial charge is 0.277 e. The minimum absolute atomic E-state index is 0.0124. The van der Waals surface area contributed by atoms with Crippen LogP contribution in [-0.4, -0.2) is 49.4 Å². The number of nitrogens with zero attached hydrogens (tertiary/aromatic N) is 4. The molecular weight excluding hydrogens is 414 g/mol. The standard InChI is InChI=1S/C26H31N5O2/c1-17-8-10-18(11-9-17)25(32)30-13-4-7-23(30)22-15-24-27-21-12-14-29(19-5-2-3-6-19)16-20(21)26(33)31(24)28-22/h8-11,15,19,23,28H,2-7,12-14,16H2,1H3/t23-/m0/s1. The molecule has 0 unspecified atom stereocenters. The first kappa shape index (κ1) is 20.7. The molecule has 172 valence electrons. The average molecular weight is 446 g/mol. The van der Waals surface area contributed by atoms with E-state index in [4.69, 9.17) is 4.98 Å². The van der Waals surface area contributed by atoms with E-state index in [1.165, 1.54) is 25.7 Å². The van der Waals surface area contributed by atoms with Crippen LogP contribution in [0.25, 0.3) is 5.65 Å². The maximum atomic E-state index is 13.4. The highest BCUT2D eigenvalue weighted by atomic mass is 16.2. The Morgan fingerprint density at radius 3 is 2.64 bits per heavy atom. The molecule has 0 spiro atoms. The fourth-order valence-electron chi connectivity index (χ4n) is 5.97. The van der Waals surface area contributed by atoms with Crippen LogP contribution in [0.4, 0.5) is 0 Å². The molecule has 1 N–H and O–H groups in total. The molecular formula is C26H31N5O2. The van der Waals surface area contributed by atoms with Crippen molar-refractivity contribution in [2.24, 2.45) is 0 Å². The van der Waals surface area contributed by atoms with Gasteiger partial charge in [0.2, 0.25) is 0 Å². The van der Waals surface area contributed by atoms with Crippen LogP contribution in [0.1, 0.15) is 77.4 Å². The van der Waals surface area contributed by atoms with E-state index in [0.717, 1.165) is 54.9 Å². The van der Waals surface area contributed by atoms with Gasteiger partial charge in [0.1, 0.15) is 0 Å². The van der Waals surface area contributed by atoms with Crippen molar-refractivity contribution in [2.45, 2.75) is 70.5 Å². The molecule has 1 amide bonds. The van der Waals surface area contributed by atoms with Gasteiger partial charge in [-0.25, -0.2) is 9.50 Å². The molecule has 1 aromatic carbocycles. The molecule has 0 bridgehead atoms. The number of aromatic amines is 1. The number of aromatic nitrogens is 3. The maximum Gasteiger partial charge on any atom is 0.277 e. The highest BCUT2D eigenvalue weighted by Crippen LogP contribution is 2.33. The summed E-state index contributed by atoms with van der Waals surface area (Å²) in [5.74, 6) is 0.0444. The van der Waals surface area contributed by atoms with E-state index in [2.05, 4.69) is 10.00 Å². The van der Waals surface area contributed by atoms with Gasteiger partial charge in [-0.1, -0.05) is 30.5 Å². The molecule has 1 saturated heterocycles. The summed E-state index contributed by atoms with van der Waals surface area (Å²) in [5, 5.41) is 3.31. The Bertz CT molecular complexity index is 1250. The number of likely N-dealkylation sites (tertiary alicyclic amines) is 1. The van der Waals surface area contributed by atoms with Crippen molar-refractivity contribution < 1.29 is 4.79 Å². The van der Waals surface area contributed by atoms with Crippen LogP contribution in [0.5, 0.6) is 0 Å². The van der Waals surface area contributed by atoms with Gasteiger partial charge in [0.05, 0.1) is 23.0 Å². The van der Waals surface area contributed by atoms with E-state index in [-0.39, 0.29) is 17.5 Å². The largest absolute Gasteiger partial charge is 0.330 e. The van der Waals surface area contributed by atoms with Crippen LogP contribution in [0.15, 0.2) is 35.1 Å². The van der Waals surface area contributed by atoms with Gasteiger partial charge in [0.15, 0.2) is 5.65 Å². The molecule has 3 aromatic rings. The first-order chi connectivity index (χ1) is 16.1. The van der Waals surface area contributed by atoms with E-state index in [1.54, 1.807) is 4.52 Å². The summed E-state index contributed by atoms with van der Waals surface area (Å²) < 4.78 is 1.60. The average Bonchev–Trinajstić information content (AvgIpc) is 3.59. The quantitative estimate of drug-likeness (QED) is 0.668. The molecule has 7 nitrogen and oxygen atoms in total. The summed E-state index contributed by atoms with van der Waals surface area (Å²) in [6, 6.07) is 10.3. The number of carbonyl (C=O) groups excluding carboxylic acids is 1. The number of hydrogen-bond donors (Lipinski definition) is 1. The number of rotatable bonds is 3. The lowest BCUT2D eigenvalue weighted by molar-refractivity contribution is 0.0732. The summed E-state index contributed by atoms with van der Waals surface area (Å²) in [7, 11) is 0. The van der Waals surface area contributed by atoms with Crippen molar-refractivity contribution in [3.63, 3.8) is 0 Å². The molecule has 4 heterocycles. The Balaban J connectivity index is 1.31. The Morgan fingerprint density at radius 1 is 1.06 bits per heavy atom. The molecule has 3 aliphatic rings. The molecule has 0 radical (unpaired) electrons. The summed E-state index contributed by atoms with van der Waals surface area (Å²) in [6.07, 6.45) is 7.74. The van der Waals surface area contributed by atoms with Crippen LogP contribution in [0.2, 0.25) is 0 Å². The van der Waals surface area contributed by atoms with Gasteiger partial charge in [-0.3, -0.25) is 19.6 Å². The zero-order valence-corrected chi connectivity index (χ0v) is 19.2. The normalized spacial score (nSPS) is 21.7. The van der Waals surface area contributed by atoms with E-state index in [0.29, 0.717) is 23.8 Å². The molecule has 6 rings (SSSR count). The molecule has 7 heteroatoms. The number of hydrogen-bond acceptors (Lipinski definition) is 4. The lowest BCUT2D eigenvalue weighted by Crippen LogP contribution is -2.41. The number of fused-ring (bicyclic) bond motifs is 2. The number of H-pyrrole nitrogens is 1. The van der Waals surface area contributed by atoms with Crippen LogP contribution < -0.4 is 5.56 Å². The van der Waals surface area contributed by atoms with E-state index >= 15 is 0 Å². The highest BCUT2D eigenvalue weighted by molar-refractivity contribution is 5.94. The van der Waals surface area contributed by atoms with Crippen molar-refractivity contribution in [3.8, 4) is 0 Å². The predicted molar refractivity (Wildman–Crippen MR) is 126 cm³/mol. The third kappa shape index (κ3) is 3.59. The van der Waals surface area contributed by atoms with Crippen LogP contribution in [0.3, 0.4) is 0 Å². The third-order valence-corrected chi connectivity index (χ3v) is 7.82. The van der Waals surface area contributed by atoms with Crippen LogP contribution in [0, 0.1) is 6.92 Å². The van der Waals surface area contributed by atoms with Crippen molar-refractivity contribution >= 4 is 11.6 Å². The molecule has 2 aromatic heterocycles. The lowest BCUT2D eigenvalue weighted by Gasteiger charge is -2.32. The van der Waals surface area contributed by atoms with Gasteiger partial charge >= 0.3 is 0 Å². The molecule has 2 fully saturated rings. The molecule has 1 saturated carbocycles.